The van der Waals surface area contributed by atoms with Crippen molar-refractivity contribution in [3.05, 3.63) is 29.8 Å². The lowest BCUT2D eigenvalue weighted by molar-refractivity contribution is -0.149. The van der Waals surface area contributed by atoms with Gasteiger partial charge in [0, 0.05) is 25.7 Å². The summed E-state index contributed by atoms with van der Waals surface area (Å²) in [6.45, 7) is 6.09. The van der Waals surface area contributed by atoms with Gasteiger partial charge in [-0.1, -0.05) is 26.0 Å². The summed E-state index contributed by atoms with van der Waals surface area (Å²) in [6, 6.07) is 7.02. The summed E-state index contributed by atoms with van der Waals surface area (Å²) in [5.74, 6) is 0.336. The molecule has 0 spiro atoms. The van der Waals surface area contributed by atoms with E-state index in [0.29, 0.717) is 32.7 Å². The van der Waals surface area contributed by atoms with E-state index in [2.05, 4.69) is 0 Å². The van der Waals surface area contributed by atoms with Crippen molar-refractivity contribution in [2.45, 2.75) is 26.4 Å². The van der Waals surface area contributed by atoms with E-state index >= 15 is 0 Å². The van der Waals surface area contributed by atoms with E-state index in [4.69, 9.17) is 9.47 Å². The first kappa shape index (κ1) is 16.8. The van der Waals surface area contributed by atoms with Crippen LogP contribution < -0.4 is 0 Å². The highest BCUT2D eigenvalue weighted by Gasteiger charge is 2.34. The van der Waals surface area contributed by atoms with Crippen LogP contribution in [0, 0.1) is 5.41 Å². The molecule has 2 rings (SSSR count). The molecule has 5 nitrogen and oxygen atoms in total. The highest BCUT2D eigenvalue weighted by atomic mass is 16.5. The summed E-state index contributed by atoms with van der Waals surface area (Å²) < 4.78 is 10.9. The monoisotopic (exact) mass is 307 g/mol. The van der Waals surface area contributed by atoms with Crippen molar-refractivity contribution in [3.63, 3.8) is 0 Å². The van der Waals surface area contributed by atoms with Crippen molar-refractivity contribution in [3.8, 4) is 5.75 Å². The topological polar surface area (TPSA) is 59.0 Å². The van der Waals surface area contributed by atoms with Crippen LogP contribution in [0.4, 0.5) is 0 Å². The highest BCUT2D eigenvalue weighted by molar-refractivity contribution is 5.82. The molecule has 1 N–H and O–H groups in total. The standard InChI is InChI=1S/C17H25NO4/c1-17(2,7-9-21-3)16(20)18-8-10-22-15(12-18)13-5-4-6-14(19)11-13/h4-6,11,15,19H,7-10,12H2,1-3H3/t15-/m1/s1. The van der Waals surface area contributed by atoms with E-state index in [1.54, 1.807) is 25.3 Å². The van der Waals surface area contributed by atoms with Gasteiger partial charge in [-0.05, 0) is 24.1 Å². The Balaban J connectivity index is 2.05. The van der Waals surface area contributed by atoms with Gasteiger partial charge in [-0.15, -0.1) is 0 Å². The van der Waals surface area contributed by atoms with Crippen molar-refractivity contribution in [2.75, 3.05) is 33.4 Å². The lowest BCUT2D eigenvalue weighted by Gasteiger charge is -2.37. The third-order valence-electron chi connectivity index (χ3n) is 4.11. The molecule has 0 radical (unpaired) electrons. The summed E-state index contributed by atoms with van der Waals surface area (Å²) in [5, 5.41) is 9.60. The maximum Gasteiger partial charge on any atom is 0.228 e. The number of hydrogen-bond acceptors (Lipinski definition) is 4. The van der Waals surface area contributed by atoms with Gasteiger partial charge in [0.05, 0.1) is 13.2 Å². The lowest BCUT2D eigenvalue weighted by atomic mass is 9.87. The fourth-order valence-corrected chi connectivity index (χ4v) is 2.65. The van der Waals surface area contributed by atoms with Gasteiger partial charge in [0.25, 0.3) is 0 Å². The van der Waals surface area contributed by atoms with E-state index < -0.39 is 5.41 Å². The molecule has 0 unspecified atom stereocenters. The van der Waals surface area contributed by atoms with Crippen LogP contribution >= 0.6 is 0 Å². The Morgan fingerprint density at radius 2 is 2.27 bits per heavy atom. The van der Waals surface area contributed by atoms with Crippen LogP contribution in [-0.4, -0.2) is 49.3 Å². The van der Waals surface area contributed by atoms with Gasteiger partial charge in [-0.25, -0.2) is 0 Å². The van der Waals surface area contributed by atoms with Gasteiger partial charge in [-0.3, -0.25) is 4.79 Å². The average molecular weight is 307 g/mol. The molecule has 1 saturated heterocycles. The molecule has 1 heterocycles. The maximum absolute atomic E-state index is 12.7. The first-order chi connectivity index (χ1) is 10.4. The zero-order valence-electron chi connectivity index (χ0n) is 13.5. The quantitative estimate of drug-likeness (QED) is 0.907. The van der Waals surface area contributed by atoms with Gasteiger partial charge in [0.1, 0.15) is 11.9 Å². The number of amides is 1. The lowest BCUT2D eigenvalue weighted by Crippen LogP contribution is -2.48. The number of benzene rings is 1. The molecular formula is C17H25NO4. The molecule has 0 aliphatic carbocycles. The molecule has 0 bridgehead atoms. The van der Waals surface area contributed by atoms with Crippen LogP contribution in [-0.2, 0) is 14.3 Å². The zero-order valence-corrected chi connectivity index (χ0v) is 13.5. The van der Waals surface area contributed by atoms with Crippen LogP contribution in [0.25, 0.3) is 0 Å². The molecule has 122 valence electrons. The molecule has 5 heteroatoms. The van der Waals surface area contributed by atoms with Crippen LogP contribution in [0.2, 0.25) is 0 Å². The number of ether oxygens (including phenoxy) is 2. The Morgan fingerprint density at radius 1 is 1.50 bits per heavy atom. The summed E-state index contributed by atoms with van der Waals surface area (Å²) >= 11 is 0. The summed E-state index contributed by atoms with van der Waals surface area (Å²) in [4.78, 5) is 14.6. The minimum absolute atomic E-state index is 0.123. The van der Waals surface area contributed by atoms with Gasteiger partial charge in [-0.2, -0.15) is 0 Å². The number of nitrogens with zero attached hydrogens (tertiary/aromatic N) is 1. The van der Waals surface area contributed by atoms with Crippen LogP contribution in [0.5, 0.6) is 5.75 Å². The molecule has 1 aliphatic heterocycles. The van der Waals surface area contributed by atoms with Crippen molar-refractivity contribution >= 4 is 5.91 Å². The smallest absolute Gasteiger partial charge is 0.228 e. The number of carbonyl (C=O) groups is 1. The van der Waals surface area contributed by atoms with E-state index in [1.807, 2.05) is 24.8 Å². The number of rotatable bonds is 5. The Bertz CT molecular complexity index is 515. The number of hydrogen-bond donors (Lipinski definition) is 1. The van der Waals surface area contributed by atoms with E-state index in [0.717, 1.165) is 5.56 Å². The minimum Gasteiger partial charge on any atom is -0.508 e. The summed E-state index contributed by atoms with van der Waals surface area (Å²) in [5.41, 5.74) is 0.448. The van der Waals surface area contributed by atoms with Gasteiger partial charge in [0.2, 0.25) is 5.91 Å². The molecule has 0 aromatic heterocycles. The minimum atomic E-state index is -0.448. The van der Waals surface area contributed by atoms with Crippen molar-refractivity contribution in [1.29, 1.82) is 0 Å². The Hall–Kier alpha value is -1.59. The Kier molecular flexibility index (Phi) is 5.42. The zero-order chi connectivity index (χ0) is 16.2. The van der Waals surface area contributed by atoms with Gasteiger partial charge < -0.3 is 19.5 Å². The van der Waals surface area contributed by atoms with E-state index in [9.17, 15) is 9.90 Å². The average Bonchev–Trinajstić information content (AvgIpc) is 2.52. The Labute approximate surface area is 131 Å². The number of phenols is 1. The van der Waals surface area contributed by atoms with Gasteiger partial charge in [0.15, 0.2) is 0 Å². The first-order valence-electron chi connectivity index (χ1n) is 7.63. The number of aromatic hydroxyl groups is 1. The van der Waals surface area contributed by atoms with Gasteiger partial charge >= 0.3 is 0 Å². The second kappa shape index (κ2) is 7.11. The second-order valence-corrected chi connectivity index (χ2v) is 6.33. The largest absolute Gasteiger partial charge is 0.508 e. The highest BCUT2D eigenvalue weighted by Crippen LogP contribution is 2.29. The summed E-state index contributed by atoms with van der Waals surface area (Å²) in [7, 11) is 1.65. The molecular weight excluding hydrogens is 282 g/mol. The number of morpholine rings is 1. The number of carbonyl (C=O) groups excluding carboxylic acids is 1. The third-order valence-corrected chi connectivity index (χ3v) is 4.11. The molecule has 22 heavy (non-hydrogen) atoms. The third kappa shape index (κ3) is 3.99. The van der Waals surface area contributed by atoms with E-state index in [1.165, 1.54) is 0 Å². The Morgan fingerprint density at radius 3 is 2.95 bits per heavy atom. The van der Waals surface area contributed by atoms with E-state index in [-0.39, 0.29) is 17.8 Å². The normalized spacial score (nSPS) is 19.2. The molecule has 1 amide bonds. The maximum atomic E-state index is 12.7. The second-order valence-electron chi connectivity index (χ2n) is 6.33. The first-order valence-corrected chi connectivity index (χ1v) is 7.63. The van der Waals surface area contributed by atoms with Crippen molar-refractivity contribution in [2.24, 2.45) is 5.41 Å². The fourth-order valence-electron chi connectivity index (χ4n) is 2.65. The molecule has 1 fully saturated rings. The van der Waals surface area contributed by atoms with Crippen LogP contribution in [0.3, 0.4) is 0 Å². The summed E-state index contributed by atoms with van der Waals surface area (Å²) in [6.07, 6.45) is 0.499. The molecule has 1 aromatic carbocycles. The predicted molar refractivity (Wildman–Crippen MR) is 83.7 cm³/mol. The fraction of sp³-hybridized carbons (Fsp3) is 0.588. The SMILES string of the molecule is COCCC(C)(C)C(=O)N1CCO[C@@H](c2cccc(O)c2)C1. The van der Waals surface area contributed by atoms with Crippen LogP contribution in [0.15, 0.2) is 24.3 Å². The van der Waals surface area contributed by atoms with Crippen molar-refractivity contribution in [1.82, 2.24) is 4.90 Å². The van der Waals surface area contributed by atoms with Crippen molar-refractivity contribution < 1.29 is 19.4 Å². The number of methoxy groups -OCH3 is 1. The molecule has 1 atom stereocenters. The molecule has 1 aromatic rings. The molecule has 0 saturated carbocycles. The van der Waals surface area contributed by atoms with Crippen LogP contribution in [0.1, 0.15) is 31.9 Å². The predicted octanol–water partition coefficient (Wildman–Crippen LogP) is 2.35. The molecule has 1 aliphatic rings. The number of phenolic OH excluding ortho intramolecular Hbond substituents is 1.